The van der Waals surface area contributed by atoms with Crippen LogP contribution in [0.4, 0.5) is 22.0 Å². The van der Waals surface area contributed by atoms with Gasteiger partial charge in [0.05, 0.1) is 11.8 Å². The van der Waals surface area contributed by atoms with Crippen molar-refractivity contribution in [2.24, 2.45) is 5.10 Å². The lowest BCUT2D eigenvalue weighted by molar-refractivity contribution is 0.377. The summed E-state index contributed by atoms with van der Waals surface area (Å²) in [5, 5.41) is 6.06. The van der Waals surface area contributed by atoms with Gasteiger partial charge in [-0.25, -0.2) is 22.0 Å². The van der Waals surface area contributed by atoms with Gasteiger partial charge in [-0.3, -0.25) is 5.43 Å². The highest BCUT2D eigenvalue weighted by Gasteiger charge is 2.24. The largest absolute Gasteiger partial charge is 0.359 e. The number of thiocarbonyl (C=S) groups is 1. The fraction of sp³-hybridized carbons (Fsp3) is 0.273. The van der Waals surface area contributed by atoms with Crippen molar-refractivity contribution in [3.63, 3.8) is 0 Å². The Morgan fingerprint density at radius 3 is 1.90 bits per heavy atom. The van der Waals surface area contributed by atoms with Crippen LogP contribution in [0.3, 0.4) is 0 Å². The quantitative estimate of drug-likeness (QED) is 0.225. The van der Waals surface area contributed by atoms with Crippen molar-refractivity contribution in [3.05, 3.63) is 34.6 Å². The molecule has 3 nitrogen and oxygen atoms in total. The van der Waals surface area contributed by atoms with Crippen molar-refractivity contribution in [2.75, 3.05) is 0 Å². The molecule has 0 unspecified atom stereocenters. The molecule has 0 bridgehead atoms. The molecule has 0 saturated heterocycles. The van der Waals surface area contributed by atoms with Gasteiger partial charge in [-0.05, 0) is 26.1 Å². The summed E-state index contributed by atoms with van der Waals surface area (Å²) in [5.41, 5.74) is 1.04. The zero-order valence-electron chi connectivity index (χ0n) is 10.4. The fourth-order valence-electron chi connectivity index (χ4n) is 1.19. The summed E-state index contributed by atoms with van der Waals surface area (Å²) in [6, 6.07) is -0.0145. The highest BCUT2D eigenvalue weighted by molar-refractivity contribution is 7.80. The molecule has 1 rings (SSSR count). The van der Waals surface area contributed by atoms with Crippen molar-refractivity contribution < 1.29 is 22.0 Å². The SMILES string of the molecule is CC(C)NC(=S)N/N=C/c1c(F)c(F)c(F)c(F)c1F. The number of hydrazone groups is 1. The molecular weight excluding hydrogens is 301 g/mol. The Hall–Kier alpha value is -1.77. The second kappa shape index (κ2) is 6.60. The molecule has 0 amide bonds. The van der Waals surface area contributed by atoms with Gasteiger partial charge < -0.3 is 5.32 Å². The average Bonchev–Trinajstić information content (AvgIpc) is 2.37. The fourth-order valence-corrected chi connectivity index (χ4v) is 1.47. The molecule has 0 saturated carbocycles. The van der Waals surface area contributed by atoms with Gasteiger partial charge in [0, 0.05) is 6.04 Å². The van der Waals surface area contributed by atoms with Crippen LogP contribution in [0, 0.1) is 29.1 Å². The standard InChI is InChI=1S/C11H10F5N3S/c1-4(2)18-11(20)19-17-3-5-6(12)8(14)10(16)9(15)7(5)13/h3-4H,1-2H3,(H2,18,19,20)/b17-3+. The molecular formula is C11H10F5N3S. The molecule has 20 heavy (non-hydrogen) atoms. The summed E-state index contributed by atoms with van der Waals surface area (Å²) < 4.78 is 65.0. The van der Waals surface area contributed by atoms with E-state index in [4.69, 9.17) is 12.2 Å². The van der Waals surface area contributed by atoms with Gasteiger partial charge in [0.2, 0.25) is 5.82 Å². The molecule has 2 N–H and O–H groups in total. The third-order valence-electron chi connectivity index (χ3n) is 2.02. The predicted octanol–water partition coefficient (Wildman–Crippen LogP) is 2.59. The van der Waals surface area contributed by atoms with E-state index in [1.807, 2.05) is 0 Å². The molecule has 0 aromatic heterocycles. The molecule has 0 atom stereocenters. The van der Waals surface area contributed by atoms with Crippen LogP contribution in [0.5, 0.6) is 0 Å². The monoisotopic (exact) mass is 311 g/mol. The zero-order valence-corrected chi connectivity index (χ0v) is 11.2. The Bertz CT molecular complexity index is 530. The highest BCUT2D eigenvalue weighted by atomic mass is 32.1. The van der Waals surface area contributed by atoms with E-state index in [2.05, 4.69) is 15.8 Å². The summed E-state index contributed by atoms with van der Waals surface area (Å²) in [6.07, 6.45) is 0.463. The van der Waals surface area contributed by atoms with E-state index in [9.17, 15) is 22.0 Å². The van der Waals surface area contributed by atoms with E-state index in [0.29, 0.717) is 6.21 Å². The normalized spacial score (nSPS) is 11.2. The van der Waals surface area contributed by atoms with Gasteiger partial charge in [0.15, 0.2) is 28.4 Å². The Kier molecular flexibility index (Phi) is 5.37. The van der Waals surface area contributed by atoms with E-state index >= 15 is 0 Å². The maximum Gasteiger partial charge on any atom is 0.200 e. The number of nitrogens with one attached hydrogen (secondary N) is 2. The van der Waals surface area contributed by atoms with Gasteiger partial charge in [-0.1, -0.05) is 0 Å². The van der Waals surface area contributed by atoms with Crippen LogP contribution in [0.2, 0.25) is 0 Å². The molecule has 110 valence electrons. The minimum Gasteiger partial charge on any atom is -0.359 e. The van der Waals surface area contributed by atoms with Crippen LogP contribution >= 0.6 is 12.2 Å². The first kappa shape index (κ1) is 16.3. The minimum absolute atomic E-state index is 0.0145. The van der Waals surface area contributed by atoms with E-state index in [1.165, 1.54) is 0 Å². The van der Waals surface area contributed by atoms with Crippen molar-refractivity contribution in [1.82, 2.24) is 10.7 Å². The first-order chi connectivity index (χ1) is 9.25. The molecule has 0 heterocycles. The zero-order chi connectivity index (χ0) is 15.4. The van der Waals surface area contributed by atoms with Gasteiger partial charge in [-0.2, -0.15) is 5.10 Å². The van der Waals surface area contributed by atoms with Crippen molar-refractivity contribution in [3.8, 4) is 0 Å². The second-order valence-electron chi connectivity index (χ2n) is 3.98. The first-order valence-corrected chi connectivity index (χ1v) is 5.77. The lowest BCUT2D eigenvalue weighted by Crippen LogP contribution is -2.36. The molecule has 9 heteroatoms. The lowest BCUT2D eigenvalue weighted by atomic mass is 10.2. The summed E-state index contributed by atoms with van der Waals surface area (Å²) >= 11 is 4.75. The Balaban J connectivity index is 2.96. The highest BCUT2D eigenvalue weighted by Crippen LogP contribution is 2.21. The molecule has 0 fully saturated rings. The molecule has 0 spiro atoms. The number of hydrogen-bond donors (Lipinski definition) is 2. The van der Waals surface area contributed by atoms with Crippen LogP contribution in [0.1, 0.15) is 19.4 Å². The van der Waals surface area contributed by atoms with Crippen LogP contribution in [-0.2, 0) is 0 Å². The van der Waals surface area contributed by atoms with Crippen molar-refractivity contribution in [2.45, 2.75) is 19.9 Å². The number of benzene rings is 1. The summed E-state index contributed by atoms with van der Waals surface area (Å²) in [5.74, 6) is -10.2. The molecule has 0 aliphatic heterocycles. The van der Waals surface area contributed by atoms with E-state index in [1.54, 1.807) is 13.8 Å². The molecule has 0 radical (unpaired) electrons. The summed E-state index contributed by atoms with van der Waals surface area (Å²) in [7, 11) is 0. The predicted molar refractivity (Wildman–Crippen MR) is 67.8 cm³/mol. The second-order valence-corrected chi connectivity index (χ2v) is 4.39. The van der Waals surface area contributed by atoms with E-state index in [0.717, 1.165) is 0 Å². The number of halogens is 5. The van der Waals surface area contributed by atoms with Gasteiger partial charge >= 0.3 is 0 Å². The third kappa shape index (κ3) is 3.62. The summed E-state index contributed by atoms with van der Waals surface area (Å²) in [4.78, 5) is 0. The Morgan fingerprint density at radius 2 is 1.45 bits per heavy atom. The molecule has 0 aliphatic carbocycles. The van der Waals surface area contributed by atoms with Gasteiger partial charge in [0.25, 0.3) is 0 Å². The van der Waals surface area contributed by atoms with E-state index in [-0.39, 0.29) is 11.2 Å². The first-order valence-electron chi connectivity index (χ1n) is 5.36. The number of hydrogen-bond acceptors (Lipinski definition) is 2. The molecule has 1 aromatic carbocycles. The van der Waals surface area contributed by atoms with Gasteiger partial charge in [0.1, 0.15) is 0 Å². The van der Waals surface area contributed by atoms with Crippen LogP contribution < -0.4 is 10.7 Å². The van der Waals surface area contributed by atoms with Crippen LogP contribution in [0.25, 0.3) is 0 Å². The Morgan fingerprint density at radius 1 is 1.00 bits per heavy atom. The number of nitrogens with zero attached hydrogens (tertiary/aromatic N) is 1. The average molecular weight is 311 g/mol. The van der Waals surface area contributed by atoms with Crippen LogP contribution in [0.15, 0.2) is 5.10 Å². The van der Waals surface area contributed by atoms with Crippen molar-refractivity contribution in [1.29, 1.82) is 0 Å². The van der Waals surface area contributed by atoms with Crippen molar-refractivity contribution >= 4 is 23.5 Å². The molecule has 1 aromatic rings. The third-order valence-corrected chi connectivity index (χ3v) is 2.23. The lowest BCUT2D eigenvalue weighted by Gasteiger charge is -2.09. The van der Waals surface area contributed by atoms with Crippen LogP contribution in [-0.4, -0.2) is 17.4 Å². The maximum atomic E-state index is 13.2. The Labute approximate surface area is 116 Å². The topological polar surface area (TPSA) is 36.4 Å². The summed E-state index contributed by atoms with van der Waals surface area (Å²) in [6.45, 7) is 3.56. The maximum absolute atomic E-state index is 13.2. The number of rotatable bonds is 3. The molecule has 0 aliphatic rings. The minimum atomic E-state index is -2.22. The van der Waals surface area contributed by atoms with Gasteiger partial charge in [-0.15, -0.1) is 0 Å². The smallest absolute Gasteiger partial charge is 0.200 e. The van der Waals surface area contributed by atoms with E-state index < -0.39 is 34.6 Å².